The summed E-state index contributed by atoms with van der Waals surface area (Å²) in [6.45, 7) is 15.2. The van der Waals surface area contributed by atoms with E-state index in [4.69, 9.17) is 5.26 Å². The molecule has 1 unspecified atom stereocenters. The van der Waals surface area contributed by atoms with Crippen molar-refractivity contribution in [2.45, 2.75) is 106 Å². The molecule has 0 aliphatic heterocycles. The van der Waals surface area contributed by atoms with Crippen molar-refractivity contribution in [2.24, 2.45) is 16.2 Å². The molecule has 0 saturated carbocycles. The molecule has 0 spiro atoms. The van der Waals surface area contributed by atoms with Crippen LogP contribution in [0.25, 0.3) is 0 Å². The van der Waals surface area contributed by atoms with Gasteiger partial charge in [-0.15, -0.1) is 0 Å². The van der Waals surface area contributed by atoms with E-state index < -0.39 is 11.4 Å². The number of rotatable bonds is 10. The van der Waals surface area contributed by atoms with Crippen molar-refractivity contribution >= 4 is 5.97 Å². The molecule has 0 aliphatic carbocycles. The van der Waals surface area contributed by atoms with Gasteiger partial charge in [-0.2, -0.15) is 5.26 Å². The van der Waals surface area contributed by atoms with E-state index in [9.17, 15) is 4.79 Å². The van der Waals surface area contributed by atoms with Crippen molar-refractivity contribution in [1.29, 1.82) is 0 Å². The molecule has 0 saturated heterocycles. The number of carbonyl (C=O) groups excluding carboxylic acids is 1. The van der Waals surface area contributed by atoms with Crippen LogP contribution in [-0.4, -0.2) is 11.2 Å². The first-order chi connectivity index (χ1) is 10.5. The first-order valence-corrected chi connectivity index (χ1v) is 9.36. The number of hydrogen-bond acceptors (Lipinski definition) is 3. The average Bonchev–Trinajstić information content (AvgIpc) is 2.42. The molecule has 0 aliphatic rings. The second-order valence-corrected chi connectivity index (χ2v) is 9.29. The Morgan fingerprint density at radius 2 is 1.30 bits per heavy atom. The Hall–Kier alpha value is -0.570. The Balaban J connectivity index is 4.97. The van der Waals surface area contributed by atoms with Crippen molar-refractivity contribution in [1.82, 2.24) is 0 Å². The van der Waals surface area contributed by atoms with Crippen LogP contribution in [0, 0.1) is 16.2 Å². The van der Waals surface area contributed by atoms with Crippen LogP contribution in [0.2, 0.25) is 0 Å². The molecule has 0 aromatic heterocycles. The lowest BCUT2D eigenvalue weighted by Gasteiger charge is -2.42. The SMILES string of the molecule is CCCCCCC(CCCCC(C)(C)C)(C(=O)OO)C(C)(C)C. The fraction of sp³-hybridized carbons (Fsp3) is 0.950. The Labute approximate surface area is 144 Å². The predicted octanol–water partition coefficient (Wildman–Crippen LogP) is 6.61. The van der Waals surface area contributed by atoms with Crippen LogP contribution in [0.4, 0.5) is 0 Å². The van der Waals surface area contributed by atoms with E-state index >= 15 is 0 Å². The van der Waals surface area contributed by atoms with E-state index in [2.05, 4.69) is 53.4 Å². The van der Waals surface area contributed by atoms with Gasteiger partial charge in [-0.1, -0.05) is 87.0 Å². The predicted molar refractivity (Wildman–Crippen MR) is 97.3 cm³/mol. The van der Waals surface area contributed by atoms with Gasteiger partial charge in [0.1, 0.15) is 0 Å². The number of unbranched alkanes of at least 4 members (excludes halogenated alkanes) is 4. The molecule has 0 rings (SSSR count). The second-order valence-electron chi connectivity index (χ2n) is 9.29. The molecule has 23 heavy (non-hydrogen) atoms. The molecule has 1 N–H and O–H groups in total. The quantitative estimate of drug-likeness (QED) is 0.279. The van der Waals surface area contributed by atoms with Crippen LogP contribution in [0.1, 0.15) is 106 Å². The monoisotopic (exact) mass is 328 g/mol. The molecule has 0 radical (unpaired) electrons. The highest BCUT2D eigenvalue weighted by molar-refractivity contribution is 5.77. The maximum absolute atomic E-state index is 12.5. The first kappa shape index (κ1) is 22.4. The van der Waals surface area contributed by atoms with E-state index in [0.717, 1.165) is 44.9 Å². The standard InChI is InChI=1S/C20H40O3/c1-8-9-10-11-15-20(17(21)23-22,19(5,6)7)16-13-12-14-18(2,3)4/h22H,8-16H2,1-7H3. The molecular weight excluding hydrogens is 288 g/mol. The van der Waals surface area contributed by atoms with E-state index in [0.29, 0.717) is 5.41 Å². The molecule has 3 heteroatoms. The Kier molecular flexibility index (Phi) is 9.42. The van der Waals surface area contributed by atoms with Gasteiger partial charge in [0.2, 0.25) is 0 Å². The Morgan fingerprint density at radius 1 is 0.826 bits per heavy atom. The lowest BCUT2D eigenvalue weighted by molar-refractivity contribution is -0.252. The van der Waals surface area contributed by atoms with Crippen LogP contribution in [0.5, 0.6) is 0 Å². The summed E-state index contributed by atoms with van der Waals surface area (Å²) < 4.78 is 0. The molecule has 0 amide bonds. The zero-order valence-electron chi connectivity index (χ0n) is 16.6. The Bertz CT molecular complexity index is 336. The summed E-state index contributed by atoms with van der Waals surface area (Å²) in [5.74, 6) is -0.447. The van der Waals surface area contributed by atoms with Crippen molar-refractivity contribution in [3.05, 3.63) is 0 Å². The summed E-state index contributed by atoms with van der Waals surface area (Å²) >= 11 is 0. The van der Waals surface area contributed by atoms with Crippen LogP contribution in [0.3, 0.4) is 0 Å². The van der Waals surface area contributed by atoms with Gasteiger partial charge in [0.25, 0.3) is 0 Å². The third-order valence-electron chi connectivity index (χ3n) is 5.15. The topological polar surface area (TPSA) is 46.5 Å². The zero-order valence-corrected chi connectivity index (χ0v) is 16.6. The molecule has 0 aromatic rings. The van der Waals surface area contributed by atoms with E-state index in [1.54, 1.807) is 0 Å². The molecule has 138 valence electrons. The molecule has 0 aromatic carbocycles. The normalized spacial score (nSPS) is 15.3. The van der Waals surface area contributed by atoms with Gasteiger partial charge >= 0.3 is 5.97 Å². The number of carbonyl (C=O) groups is 1. The molecule has 0 bridgehead atoms. The third-order valence-corrected chi connectivity index (χ3v) is 5.15. The second kappa shape index (κ2) is 9.66. The highest BCUT2D eigenvalue weighted by Crippen LogP contribution is 2.48. The van der Waals surface area contributed by atoms with Crippen molar-refractivity contribution in [3.8, 4) is 0 Å². The van der Waals surface area contributed by atoms with E-state index in [-0.39, 0.29) is 5.41 Å². The van der Waals surface area contributed by atoms with Gasteiger partial charge in [-0.3, -0.25) is 0 Å². The molecule has 0 fully saturated rings. The van der Waals surface area contributed by atoms with Crippen LogP contribution >= 0.6 is 0 Å². The average molecular weight is 329 g/mol. The summed E-state index contributed by atoms with van der Waals surface area (Å²) in [5.41, 5.74) is -0.489. The summed E-state index contributed by atoms with van der Waals surface area (Å²) in [6, 6.07) is 0. The van der Waals surface area contributed by atoms with Gasteiger partial charge in [-0.25, -0.2) is 4.79 Å². The maximum atomic E-state index is 12.5. The van der Waals surface area contributed by atoms with Gasteiger partial charge in [0, 0.05) is 0 Å². The summed E-state index contributed by atoms with van der Waals surface area (Å²) in [5, 5.41) is 9.07. The fourth-order valence-corrected chi connectivity index (χ4v) is 3.41. The van der Waals surface area contributed by atoms with Gasteiger partial charge < -0.3 is 4.89 Å². The molecule has 3 nitrogen and oxygen atoms in total. The van der Waals surface area contributed by atoms with Crippen LogP contribution in [-0.2, 0) is 9.68 Å². The zero-order chi connectivity index (χ0) is 18.1. The van der Waals surface area contributed by atoms with Crippen molar-refractivity contribution in [2.75, 3.05) is 0 Å². The van der Waals surface area contributed by atoms with Gasteiger partial charge in [0.15, 0.2) is 0 Å². The number of hydrogen-bond donors (Lipinski definition) is 1. The summed E-state index contributed by atoms with van der Waals surface area (Å²) in [4.78, 5) is 16.7. The highest BCUT2D eigenvalue weighted by Gasteiger charge is 2.49. The lowest BCUT2D eigenvalue weighted by atomic mass is 9.61. The third kappa shape index (κ3) is 7.69. The van der Waals surface area contributed by atoms with Crippen molar-refractivity contribution in [3.63, 3.8) is 0 Å². The highest BCUT2D eigenvalue weighted by atomic mass is 17.1. The molecule has 1 atom stereocenters. The van der Waals surface area contributed by atoms with Gasteiger partial charge in [0.05, 0.1) is 5.41 Å². The van der Waals surface area contributed by atoms with E-state index in [1.807, 2.05) is 0 Å². The van der Waals surface area contributed by atoms with Crippen LogP contribution < -0.4 is 0 Å². The Morgan fingerprint density at radius 3 is 1.70 bits per heavy atom. The minimum Gasteiger partial charge on any atom is -0.300 e. The first-order valence-electron chi connectivity index (χ1n) is 9.36. The van der Waals surface area contributed by atoms with E-state index in [1.165, 1.54) is 12.8 Å². The maximum Gasteiger partial charge on any atom is 0.348 e. The minimum atomic E-state index is -0.590. The van der Waals surface area contributed by atoms with Crippen LogP contribution in [0.15, 0.2) is 0 Å². The smallest absolute Gasteiger partial charge is 0.300 e. The summed E-state index contributed by atoms with van der Waals surface area (Å²) in [6.07, 6.45) is 9.36. The minimum absolute atomic E-state index is 0.221. The summed E-state index contributed by atoms with van der Waals surface area (Å²) in [7, 11) is 0. The van der Waals surface area contributed by atoms with Crippen molar-refractivity contribution < 1.29 is 14.9 Å². The van der Waals surface area contributed by atoms with Gasteiger partial charge in [-0.05, 0) is 30.1 Å². The molecular formula is C20H40O3. The largest absolute Gasteiger partial charge is 0.348 e. The lowest BCUT2D eigenvalue weighted by Crippen LogP contribution is -2.44. The molecule has 0 heterocycles. The fourth-order valence-electron chi connectivity index (χ4n) is 3.41.